The third-order valence-electron chi connectivity index (χ3n) is 4.17. The van der Waals surface area contributed by atoms with Crippen molar-refractivity contribution < 1.29 is 9.53 Å². The van der Waals surface area contributed by atoms with Gasteiger partial charge in [-0.2, -0.15) is 0 Å². The van der Waals surface area contributed by atoms with Crippen molar-refractivity contribution in [3.8, 4) is 5.75 Å². The summed E-state index contributed by atoms with van der Waals surface area (Å²) in [5, 5.41) is 6.22. The fraction of sp³-hybridized carbons (Fsp3) is 0.533. The molecule has 0 radical (unpaired) electrons. The van der Waals surface area contributed by atoms with Gasteiger partial charge in [-0.05, 0) is 29.9 Å². The van der Waals surface area contributed by atoms with E-state index in [0.29, 0.717) is 17.9 Å². The summed E-state index contributed by atoms with van der Waals surface area (Å²) in [4.78, 5) is 12.1. The third kappa shape index (κ3) is 2.53. The van der Waals surface area contributed by atoms with Crippen molar-refractivity contribution in [1.29, 1.82) is 0 Å². The van der Waals surface area contributed by atoms with Crippen LogP contribution in [-0.2, 0) is 4.79 Å². The summed E-state index contributed by atoms with van der Waals surface area (Å²) in [6.07, 6.45) is 0.761. The van der Waals surface area contributed by atoms with Gasteiger partial charge in [-0.25, -0.2) is 0 Å². The molecule has 1 amide bonds. The van der Waals surface area contributed by atoms with E-state index in [2.05, 4.69) is 24.5 Å². The van der Waals surface area contributed by atoms with E-state index in [1.807, 2.05) is 24.3 Å². The normalized spacial score (nSPS) is 26.6. The summed E-state index contributed by atoms with van der Waals surface area (Å²) in [5.74, 6) is 1.34. The Kier molecular flexibility index (Phi) is 2.88. The molecule has 0 aromatic heterocycles. The van der Waals surface area contributed by atoms with Gasteiger partial charge in [0.2, 0.25) is 0 Å². The second-order valence-corrected chi connectivity index (χ2v) is 6.12. The molecular formula is C15H20N2O2. The Morgan fingerprint density at radius 1 is 1.47 bits per heavy atom. The van der Waals surface area contributed by atoms with Crippen LogP contribution in [0.25, 0.3) is 0 Å². The minimum absolute atomic E-state index is 0.0234. The maximum atomic E-state index is 12.1. The van der Waals surface area contributed by atoms with E-state index in [9.17, 15) is 4.79 Å². The number of benzene rings is 1. The molecule has 1 aromatic rings. The monoisotopic (exact) mass is 260 g/mol. The van der Waals surface area contributed by atoms with Gasteiger partial charge in [0.1, 0.15) is 5.75 Å². The summed E-state index contributed by atoms with van der Waals surface area (Å²) in [6, 6.07) is 7.69. The smallest absolute Gasteiger partial charge is 0.262 e. The lowest BCUT2D eigenvalue weighted by Gasteiger charge is -2.26. The molecule has 1 aliphatic carbocycles. The van der Waals surface area contributed by atoms with Crippen molar-refractivity contribution in [1.82, 2.24) is 5.32 Å². The van der Waals surface area contributed by atoms with Crippen molar-refractivity contribution >= 4 is 11.6 Å². The van der Waals surface area contributed by atoms with E-state index in [4.69, 9.17) is 4.74 Å². The first-order valence-corrected chi connectivity index (χ1v) is 6.83. The van der Waals surface area contributed by atoms with Gasteiger partial charge in [-0.15, -0.1) is 0 Å². The Morgan fingerprint density at radius 3 is 2.95 bits per heavy atom. The SMILES string of the molecule is CC1(C)CC1CNC(=O)C1CNc2ccccc2O1. The van der Waals surface area contributed by atoms with Gasteiger partial charge in [-0.3, -0.25) is 4.79 Å². The first-order valence-electron chi connectivity index (χ1n) is 6.83. The Balaban J connectivity index is 1.55. The zero-order valence-electron chi connectivity index (χ0n) is 11.4. The van der Waals surface area contributed by atoms with Crippen molar-refractivity contribution in [3.63, 3.8) is 0 Å². The Hall–Kier alpha value is -1.71. The number of para-hydroxylation sites is 2. The predicted molar refractivity (Wildman–Crippen MR) is 74.2 cm³/mol. The van der Waals surface area contributed by atoms with Crippen LogP contribution in [-0.4, -0.2) is 25.1 Å². The van der Waals surface area contributed by atoms with Gasteiger partial charge < -0.3 is 15.4 Å². The molecule has 4 nitrogen and oxygen atoms in total. The maximum Gasteiger partial charge on any atom is 0.262 e. The molecule has 1 aliphatic heterocycles. The van der Waals surface area contributed by atoms with Gasteiger partial charge in [0.05, 0.1) is 12.2 Å². The van der Waals surface area contributed by atoms with E-state index in [1.54, 1.807) is 0 Å². The number of rotatable bonds is 3. The highest BCUT2D eigenvalue weighted by Gasteiger charge is 2.45. The average molecular weight is 260 g/mol. The van der Waals surface area contributed by atoms with Gasteiger partial charge in [-0.1, -0.05) is 26.0 Å². The Morgan fingerprint density at radius 2 is 2.21 bits per heavy atom. The lowest BCUT2D eigenvalue weighted by Crippen LogP contribution is -2.45. The first-order chi connectivity index (χ1) is 9.06. The summed E-state index contributed by atoms with van der Waals surface area (Å²) in [7, 11) is 0. The highest BCUT2D eigenvalue weighted by molar-refractivity contribution is 5.83. The highest BCUT2D eigenvalue weighted by Crippen LogP contribution is 2.50. The van der Waals surface area contributed by atoms with Crippen LogP contribution in [0.3, 0.4) is 0 Å². The molecular weight excluding hydrogens is 240 g/mol. The minimum Gasteiger partial charge on any atom is -0.477 e. The molecule has 102 valence electrons. The summed E-state index contributed by atoms with van der Waals surface area (Å²) in [6.45, 7) is 5.75. The number of anilines is 1. The predicted octanol–water partition coefficient (Wildman–Crippen LogP) is 2.02. The maximum absolute atomic E-state index is 12.1. The van der Waals surface area contributed by atoms with Gasteiger partial charge in [0.15, 0.2) is 6.10 Å². The fourth-order valence-electron chi connectivity index (χ4n) is 2.52. The molecule has 2 unspecified atom stereocenters. The van der Waals surface area contributed by atoms with Crippen LogP contribution in [0, 0.1) is 11.3 Å². The Bertz CT molecular complexity index is 499. The molecule has 0 bridgehead atoms. The molecule has 2 atom stereocenters. The number of carbonyl (C=O) groups excluding carboxylic acids is 1. The third-order valence-corrected chi connectivity index (χ3v) is 4.17. The van der Waals surface area contributed by atoms with Crippen LogP contribution in [0.2, 0.25) is 0 Å². The summed E-state index contributed by atoms with van der Waals surface area (Å²) < 4.78 is 5.72. The van der Waals surface area contributed by atoms with Crippen molar-refractivity contribution in [3.05, 3.63) is 24.3 Å². The van der Waals surface area contributed by atoms with Crippen LogP contribution in [0.4, 0.5) is 5.69 Å². The van der Waals surface area contributed by atoms with Crippen LogP contribution >= 0.6 is 0 Å². The minimum atomic E-state index is -0.434. The second kappa shape index (κ2) is 4.44. The van der Waals surface area contributed by atoms with Crippen molar-refractivity contribution in [2.45, 2.75) is 26.4 Å². The van der Waals surface area contributed by atoms with Crippen LogP contribution in [0.15, 0.2) is 24.3 Å². The lowest BCUT2D eigenvalue weighted by atomic mass is 10.1. The molecule has 1 saturated carbocycles. The zero-order valence-corrected chi connectivity index (χ0v) is 11.4. The van der Waals surface area contributed by atoms with E-state index >= 15 is 0 Å². The molecule has 1 aromatic carbocycles. The number of amides is 1. The molecule has 0 spiro atoms. The number of carbonyl (C=O) groups is 1. The fourth-order valence-corrected chi connectivity index (χ4v) is 2.52. The standard InChI is InChI=1S/C15H20N2O2/c1-15(2)7-10(15)8-17-14(18)13-9-16-11-5-3-4-6-12(11)19-13/h3-6,10,13,16H,7-9H2,1-2H3,(H,17,18). The van der Waals surface area contributed by atoms with Gasteiger partial charge in [0.25, 0.3) is 5.91 Å². The number of hydrogen-bond donors (Lipinski definition) is 2. The van der Waals surface area contributed by atoms with Gasteiger partial charge >= 0.3 is 0 Å². The largest absolute Gasteiger partial charge is 0.477 e. The van der Waals surface area contributed by atoms with E-state index in [0.717, 1.165) is 18.0 Å². The number of fused-ring (bicyclic) bond motifs is 1. The topological polar surface area (TPSA) is 50.4 Å². The molecule has 0 saturated heterocycles. The van der Waals surface area contributed by atoms with Gasteiger partial charge in [0, 0.05) is 6.54 Å². The molecule has 3 rings (SSSR count). The first kappa shape index (κ1) is 12.3. The second-order valence-electron chi connectivity index (χ2n) is 6.12. The quantitative estimate of drug-likeness (QED) is 0.874. The average Bonchev–Trinajstić information content (AvgIpc) is 3.03. The van der Waals surface area contributed by atoms with Crippen molar-refractivity contribution in [2.75, 3.05) is 18.4 Å². The lowest BCUT2D eigenvalue weighted by molar-refractivity contribution is -0.127. The van der Waals surface area contributed by atoms with Crippen LogP contribution in [0.5, 0.6) is 5.75 Å². The molecule has 4 heteroatoms. The molecule has 2 N–H and O–H groups in total. The van der Waals surface area contributed by atoms with Crippen molar-refractivity contribution in [2.24, 2.45) is 11.3 Å². The van der Waals surface area contributed by atoms with E-state index in [-0.39, 0.29) is 5.91 Å². The van der Waals surface area contributed by atoms with E-state index < -0.39 is 6.10 Å². The highest BCUT2D eigenvalue weighted by atomic mass is 16.5. The number of hydrogen-bond acceptors (Lipinski definition) is 3. The Labute approximate surface area is 113 Å². The molecule has 2 aliphatic rings. The number of ether oxygens (including phenoxy) is 1. The summed E-state index contributed by atoms with van der Waals surface area (Å²) in [5.41, 5.74) is 1.35. The zero-order chi connectivity index (χ0) is 13.5. The summed E-state index contributed by atoms with van der Waals surface area (Å²) >= 11 is 0. The molecule has 19 heavy (non-hydrogen) atoms. The van der Waals surface area contributed by atoms with E-state index in [1.165, 1.54) is 6.42 Å². The molecule has 1 fully saturated rings. The van der Waals surface area contributed by atoms with Crippen LogP contribution < -0.4 is 15.4 Å². The molecule has 1 heterocycles. The number of nitrogens with one attached hydrogen (secondary N) is 2. The van der Waals surface area contributed by atoms with Crippen LogP contribution in [0.1, 0.15) is 20.3 Å².